The second kappa shape index (κ2) is 13.3. The summed E-state index contributed by atoms with van der Waals surface area (Å²) in [7, 11) is 0.575. The van der Waals surface area contributed by atoms with E-state index in [4.69, 9.17) is 28.0 Å². The molecule has 11 heteroatoms. The first-order valence-electron chi connectivity index (χ1n) is 9.52. The maximum absolute atomic E-state index is 13.9. The van der Waals surface area contributed by atoms with Crippen LogP contribution in [0.4, 0.5) is 4.79 Å². The van der Waals surface area contributed by atoms with Gasteiger partial charge in [-0.15, -0.1) is 0 Å². The Morgan fingerprint density at radius 2 is 1.67 bits per heavy atom. The molecule has 1 aromatic rings. The Hall–Kier alpha value is -1.16. The Balaban J connectivity index is 3.65. The summed E-state index contributed by atoms with van der Waals surface area (Å²) in [6.45, 7) is 5.41. The third-order valence-corrected chi connectivity index (χ3v) is 7.09. The van der Waals surface area contributed by atoms with Crippen LogP contribution in [-0.4, -0.2) is 65.0 Å². The number of nitrogens with zero attached hydrogens (tertiary/aromatic N) is 1. The molecular weight excluding hydrogens is 481 g/mol. The van der Waals surface area contributed by atoms with E-state index >= 15 is 0 Å². The van der Waals surface area contributed by atoms with Crippen molar-refractivity contribution in [3.05, 3.63) is 28.2 Å². The summed E-state index contributed by atoms with van der Waals surface area (Å²) < 4.78 is 46.7. The lowest BCUT2D eigenvalue weighted by Crippen LogP contribution is -2.42. The molecule has 0 fully saturated rings. The summed E-state index contributed by atoms with van der Waals surface area (Å²) in [6, 6.07) is 5.09. The van der Waals surface area contributed by atoms with Crippen LogP contribution in [0.1, 0.15) is 32.1 Å². The van der Waals surface area contributed by atoms with Gasteiger partial charge in [0.25, 0.3) is 0 Å². The molecule has 0 aliphatic heterocycles. The number of ether oxygens (including phenoxy) is 4. The van der Waals surface area contributed by atoms with Crippen molar-refractivity contribution >= 4 is 29.6 Å². The number of carbonyl (C=O) groups is 1. The first-order chi connectivity index (χ1) is 14.3. The molecule has 0 aliphatic rings. The molecule has 0 radical (unpaired) electrons. The molecule has 0 saturated heterocycles. The van der Waals surface area contributed by atoms with Gasteiger partial charge in [-0.1, -0.05) is 6.07 Å². The normalized spacial score (nSPS) is 12.7. The van der Waals surface area contributed by atoms with Crippen LogP contribution in [0.25, 0.3) is 0 Å². The Morgan fingerprint density at radius 3 is 2.10 bits per heavy atom. The standard InChI is InChI=1S/C19H31BrNO8P/c1-7-27-19(22)21(13-17(25-5)26-6)18(30(23,28-8-2)29-9-3)14-10-11-16(24-4)15(20)12-14/h10-12,17-18H,7-9,13H2,1-6H3. The van der Waals surface area contributed by atoms with Gasteiger partial charge in [-0.2, -0.15) is 0 Å². The second-order valence-electron chi connectivity index (χ2n) is 5.90. The van der Waals surface area contributed by atoms with E-state index in [0.717, 1.165) is 0 Å². The summed E-state index contributed by atoms with van der Waals surface area (Å²) in [4.78, 5) is 14.2. The van der Waals surface area contributed by atoms with Crippen LogP contribution in [0.2, 0.25) is 0 Å². The largest absolute Gasteiger partial charge is 0.496 e. The van der Waals surface area contributed by atoms with E-state index < -0.39 is 25.8 Å². The highest BCUT2D eigenvalue weighted by atomic mass is 79.9. The second-order valence-corrected chi connectivity index (χ2v) is 8.83. The first kappa shape index (κ1) is 26.9. The van der Waals surface area contributed by atoms with Gasteiger partial charge in [0.05, 0.1) is 37.9 Å². The van der Waals surface area contributed by atoms with Crippen LogP contribution in [0.15, 0.2) is 22.7 Å². The Bertz CT molecular complexity index is 706. The van der Waals surface area contributed by atoms with E-state index in [1.807, 2.05) is 0 Å². The minimum absolute atomic E-state index is 0.0652. The molecular formula is C19H31BrNO8P. The van der Waals surface area contributed by atoms with Crippen molar-refractivity contribution < 1.29 is 37.4 Å². The first-order valence-corrected chi connectivity index (χ1v) is 11.9. The molecule has 30 heavy (non-hydrogen) atoms. The third kappa shape index (κ3) is 6.93. The number of amides is 1. The molecule has 1 atom stereocenters. The highest BCUT2D eigenvalue weighted by molar-refractivity contribution is 9.10. The highest BCUT2D eigenvalue weighted by Crippen LogP contribution is 2.62. The predicted octanol–water partition coefficient (Wildman–Crippen LogP) is 4.80. The maximum atomic E-state index is 13.9. The van der Waals surface area contributed by atoms with E-state index in [0.29, 0.717) is 15.8 Å². The monoisotopic (exact) mass is 511 g/mol. The van der Waals surface area contributed by atoms with Crippen molar-refractivity contribution in [3.8, 4) is 5.75 Å². The summed E-state index contributed by atoms with van der Waals surface area (Å²) in [5.41, 5.74) is 0.506. The quantitative estimate of drug-likeness (QED) is 0.275. The number of hydrogen-bond donors (Lipinski definition) is 0. The van der Waals surface area contributed by atoms with Crippen molar-refractivity contribution in [1.29, 1.82) is 0 Å². The molecule has 9 nitrogen and oxygen atoms in total. The zero-order valence-electron chi connectivity index (χ0n) is 18.3. The summed E-state index contributed by atoms with van der Waals surface area (Å²) >= 11 is 3.44. The fourth-order valence-electron chi connectivity index (χ4n) is 2.80. The molecule has 0 spiro atoms. The van der Waals surface area contributed by atoms with Crippen LogP contribution < -0.4 is 4.74 Å². The van der Waals surface area contributed by atoms with Gasteiger partial charge in [0.15, 0.2) is 12.1 Å². The number of rotatable bonds is 13. The smallest absolute Gasteiger partial charge is 0.411 e. The lowest BCUT2D eigenvalue weighted by atomic mass is 10.2. The minimum Gasteiger partial charge on any atom is -0.496 e. The SMILES string of the molecule is CCOC(=O)N(CC(OC)OC)C(c1ccc(OC)c(Br)c1)P(=O)(OCC)OCC. The van der Waals surface area contributed by atoms with Crippen molar-refractivity contribution in [2.75, 3.05) is 47.7 Å². The number of methoxy groups -OCH3 is 3. The van der Waals surface area contributed by atoms with Crippen molar-refractivity contribution in [2.45, 2.75) is 32.8 Å². The Kier molecular flexibility index (Phi) is 11.9. The molecule has 0 aliphatic carbocycles. The summed E-state index contributed by atoms with van der Waals surface area (Å²) in [5, 5.41) is 0. The van der Waals surface area contributed by atoms with Crippen molar-refractivity contribution in [1.82, 2.24) is 4.90 Å². The topological polar surface area (TPSA) is 92.8 Å². The molecule has 172 valence electrons. The lowest BCUT2D eigenvalue weighted by Gasteiger charge is -2.36. The maximum Gasteiger partial charge on any atom is 0.411 e. The van der Waals surface area contributed by atoms with Gasteiger partial charge in [0.1, 0.15) is 5.75 Å². The fraction of sp³-hybridized carbons (Fsp3) is 0.632. The van der Waals surface area contributed by atoms with Crippen LogP contribution in [-0.2, 0) is 27.8 Å². The zero-order chi connectivity index (χ0) is 22.7. The number of halogens is 1. The Labute approximate surface area is 186 Å². The van der Waals surface area contributed by atoms with Gasteiger partial charge in [-0.3, -0.25) is 9.46 Å². The molecule has 0 N–H and O–H groups in total. The van der Waals surface area contributed by atoms with Crippen LogP contribution >= 0.6 is 23.5 Å². The van der Waals surface area contributed by atoms with Gasteiger partial charge in [-0.25, -0.2) is 4.79 Å². The molecule has 0 bridgehead atoms. The average Bonchev–Trinajstić information content (AvgIpc) is 2.71. The summed E-state index contributed by atoms with van der Waals surface area (Å²) in [5.74, 6) is -0.527. The Morgan fingerprint density at radius 1 is 1.07 bits per heavy atom. The number of carbonyl (C=O) groups excluding carboxylic acids is 1. The van der Waals surface area contributed by atoms with Crippen LogP contribution in [0.3, 0.4) is 0 Å². The van der Waals surface area contributed by atoms with Gasteiger partial charge >= 0.3 is 13.7 Å². The van der Waals surface area contributed by atoms with Crippen LogP contribution in [0, 0.1) is 0 Å². The van der Waals surface area contributed by atoms with E-state index in [-0.39, 0.29) is 26.4 Å². The van der Waals surface area contributed by atoms with Crippen LogP contribution in [0.5, 0.6) is 5.75 Å². The minimum atomic E-state index is -3.85. The molecule has 0 aromatic heterocycles. The average molecular weight is 512 g/mol. The van der Waals surface area contributed by atoms with E-state index in [1.54, 1.807) is 39.0 Å². The van der Waals surface area contributed by atoms with E-state index in [9.17, 15) is 9.36 Å². The lowest BCUT2D eigenvalue weighted by molar-refractivity contribution is -0.115. The van der Waals surface area contributed by atoms with Gasteiger partial charge < -0.3 is 28.0 Å². The number of hydrogen-bond acceptors (Lipinski definition) is 8. The third-order valence-electron chi connectivity index (χ3n) is 4.06. The van der Waals surface area contributed by atoms with Gasteiger partial charge in [0.2, 0.25) is 0 Å². The molecule has 0 saturated carbocycles. The highest BCUT2D eigenvalue weighted by Gasteiger charge is 2.45. The molecule has 1 rings (SSSR count). The molecule has 1 unspecified atom stereocenters. The van der Waals surface area contributed by atoms with E-state index in [2.05, 4.69) is 15.9 Å². The predicted molar refractivity (Wildman–Crippen MR) is 116 cm³/mol. The van der Waals surface area contributed by atoms with Gasteiger partial charge in [0, 0.05) is 14.2 Å². The fourth-order valence-corrected chi connectivity index (χ4v) is 5.49. The van der Waals surface area contributed by atoms with Crippen molar-refractivity contribution in [3.63, 3.8) is 0 Å². The summed E-state index contributed by atoms with van der Waals surface area (Å²) in [6.07, 6.45) is -1.48. The van der Waals surface area contributed by atoms with E-state index in [1.165, 1.54) is 26.2 Å². The molecule has 1 amide bonds. The van der Waals surface area contributed by atoms with Crippen molar-refractivity contribution in [2.24, 2.45) is 0 Å². The van der Waals surface area contributed by atoms with Gasteiger partial charge in [-0.05, 0) is 54.4 Å². The molecule has 1 aromatic carbocycles. The number of benzene rings is 1. The molecule has 0 heterocycles. The zero-order valence-corrected chi connectivity index (χ0v) is 20.7.